The lowest BCUT2D eigenvalue weighted by Crippen LogP contribution is -2.42. The van der Waals surface area contributed by atoms with E-state index in [4.69, 9.17) is 27.9 Å². The minimum Gasteiger partial charge on any atom is -0.497 e. The van der Waals surface area contributed by atoms with E-state index in [-0.39, 0.29) is 26.7 Å². The zero-order chi connectivity index (χ0) is 25.6. The largest absolute Gasteiger partial charge is 0.497 e. The van der Waals surface area contributed by atoms with Gasteiger partial charge in [0.25, 0.3) is 10.0 Å². The van der Waals surface area contributed by atoms with Crippen molar-refractivity contribution in [3.63, 3.8) is 0 Å². The molecular weight excluding hydrogens is 507 g/mol. The lowest BCUT2D eigenvalue weighted by Gasteiger charge is -2.27. The topological polar surface area (TPSA) is 75.7 Å². The maximum Gasteiger partial charge on any atom is 0.264 e. The molecular formula is C26H28Cl2N2O4S. The highest BCUT2D eigenvalue weighted by atomic mass is 35.5. The first kappa shape index (κ1) is 26.9. The number of nitrogens with zero attached hydrogens (tertiary/aromatic N) is 1. The fourth-order valence-electron chi connectivity index (χ4n) is 3.63. The molecule has 3 aromatic carbocycles. The van der Waals surface area contributed by atoms with Crippen LogP contribution in [-0.2, 0) is 14.8 Å². The van der Waals surface area contributed by atoms with Crippen LogP contribution in [-0.4, -0.2) is 28.0 Å². The summed E-state index contributed by atoms with van der Waals surface area (Å²) >= 11 is 12.2. The number of ether oxygens (including phenoxy) is 1. The second-order valence-electron chi connectivity index (χ2n) is 8.45. The second-order valence-corrected chi connectivity index (χ2v) is 11.1. The zero-order valence-corrected chi connectivity index (χ0v) is 22.1. The molecule has 1 amide bonds. The average molecular weight is 535 g/mol. The Bertz CT molecular complexity index is 1250. The zero-order valence-electron chi connectivity index (χ0n) is 19.7. The van der Waals surface area contributed by atoms with Crippen LogP contribution in [0.1, 0.15) is 31.9 Å². The molecule has 0 aliphatic rings. The van der Waals surface area contributed by atoms with Gasteiger partial charge in [-0.1, -0.05) is 67.4 Å². The maximum atomic E-state index is 13.5. The molecule has 6 nitrogen and oxygen atoms in total. The molecule has 0 saturated heterocycles. The number of rotatable bonds is 10. The second kappa shape index (κ2) is 11.8. The summed E-state index contributed by atoms with van der Waals surface area (Å²) in [6, 6.07) is 19.6. The van der Waals surface area contributed by atoms with Crippen molar-refractivity contribution in [3.05, 3.63) is 88.4 Å². The van der Waals surface area contributed by atoms with E-state index in [1.165, 1.54) is 30.3 Å². The van der Waals surface area contributed by atoms with Gasteiger partial charge in [-0.05, 0) is 60.4 Å². The van der Waals surface area contributed by atoms with Crippen molar-refractivity contribution in [1.29, 1.82) is 0 Å². The smallest absolute Gasteiger partial charge is 0.264 e. The van der Waals surface area contributed by atoms with E-state index in [2.05, 4.69) is 19.2 Å². The normalized spacial score (nSPS) is 12.3. The summed E-state index contributed by atoms with van der Waals surface area (Å²) in [7, 11) is -2.47. The lowest BCUT2D eigenvalue weighted by molar-refractivity contribution is -0.120. The molecule has 1 atom stereocenters. The molecule has 0 unspecified atom stereocenters. The number of methoxy groups -OCH3 is 1. The summed E-state index contributed by atoms with van der Waals surface area (Å²) in [6.45, 7) is 3.69. The van der Waals surface area contributed by atoms with Crippen LogP contribution < -0.4 is 14.4 Å². The lowest BCUT2D eigenvalue weighted by atomic mass is 9.97. The molecule has 0 aliphatic heterocycles. The quantitative estimate of drug-likeness (QED) is 0.340. The third kappa shape index (κ3) is 6.90. The standard InChI is InChI=1S/C26H28Cl2N2O4S/c1-18(2)15-25(19-9-12-21(34-3)13-10-19)29-26(31)17-30(20-11-14-23(27)24(28)16-20)35(32,33)22-7-5-4-6-8-22/h4-14,16,18,25H,15,17H2,1-3H3,(H,29,31)/t25-/m0/s1. The number of anilines is 1. The summed E-state index contributed by atoms with van der Waals surface area (Å²) in [5.74, 6) is 0.557. The van der Waals surface area contributed by atoms with Gasteiger partial charge in [-0.3, -0.25) is 9.10 Å². The molecule has 0 saturated carbocycles. The first-order valence-corrected chi connectivity index (χ1v) is 13.3. The number of benzene rings is 3. The summed E-state index contributed by atoms with van der Waals surface area (Å²) in [4.78, 5) is 13.3. The number of sulfonamides is 1. The van der Waals surface area contributed by atoms with Gasteiger partial charge in [-0.2, -0.15) is 0 Å². The minimum absolute atomic E-state index is 0.0627. The van der Waals surface area contributed by atoms with Crippen LogP contribution in [0, 0.1) is 5.92 Å². The Balaban J connectivity index is 1.93. The van der Waals surface area contributed by atoms with Crippen LogP contribution in [0.4, 0.5) is 5.69 Å². The van der Waals surface area contributed by atoms with Crippen molar-refractivity contribution in [1.82, 2.24) is 5.32 Å². The molecule has 0 spiro atoms. The number of hydrogen-bond acceptors (Lipinski definition) is 4. The van der Waals surface area contributed by atoms with Crippen LogP contribution in [0.5, 0.6) is 5.75 Å². The number of carbonyl (C=O) groups excluding carboxylic acids is 1. The Kier molecular flexibility index (Phi) is 9.05. The fourth-order valence-corrected chi connectivity index (χ4v) is 5.36. The van der Waals surface area contributed by atoms with Gasteiger partial charge in [0.15, 0.2) is 0 Å². The maximum absolute atomic E-state index is 13.5. The monoisotopic (exact) mass is 534 g/mol. The summed E-state index contributed by atoms with van der Waals surface area (Å²) in [6.07, 6.45) is 0.677. The van der Waals surface area contributed by atoms with Crippen molar-refractivity contribution >= 4 is 44.8 Å². The summed E-state index contributed by atoms with van der Waals surface area (Å²) in [5.41, 5.74) is 1.14. The molecule has 3 aromatic rings. The number of carbonyl (C=O) groups is 1. The van der Waals surface area contributed by atoms with Crippen LogP contribution in [0.2, 0.25) is 10.0 Å². The first-order valence-electron chi connectivity index (χ1n) is 11.1. The first-order chi connectivity index (χ1) is 16.6. The van der Waals surface area contributed by atoms with Crippen molar-refractivity contribution in [2.45, 2.75) is 31.2 Å². The predicted octanol–water partition coefficient (Wildman–Crippen LogP) is 6.10. The van der Waals surface area contributed by atoms with Crippen LogP contribution in [0.3, 0.4) is 0 Å². The third-order valence-electron chi connectivity index (χ3n) is 5.37. The van der Waals surface area contributed by atoms with Crippen molar-refractivity contribution in [3.8, 4) is 5.75 Å². The molecule has 3 rings (SSSR count). The molecule has 0 aromatic heterocycles. The molecule has 0 heterocycles. The molecule has 0 aliphatic carbocycles. The van der Waals surface area contributed by atoms with Gasteiger partial charge in [0.1, 0.15) is 12.3 Å². The predicted molar refractivity (Wildman–Crippen MR) is 141 cm³/mol. The number of hydrogen-bond donors (Lipinski definition) is 1. The van der Waals surface area contributed by atoms with Gasteiger partial charge in [0, 0.05) is 0 Å². The summed E-state index contributed by atoms with van der Waals surface area (Å²) < 4.78 is 33.3. The van der Waals surface area contributed by atoms with E-state index >= 15 is 0 Å². The number of nitrogens with one attached hydrogen (secondary N) is 1. The molecule has 35 heavy (non-hydrogen) atoms. The van der Waals surface area contributed by atoms with E-state index in [9.17, 15) is 13.2 Å². The molecule has 1 N–H and O–H groups in total. The SMILES string of the molecule is COc1ccc([C@H](CC(C)C)NC(=O)CN(c2ccc(Cl)c(Cl)c2)S(=O)(=O)c2ccccc2)cc1. The van der Waals surface area contributed by atoms with E-state index in [1.807, 2.05) is 24.3 Å². The Morgan fingerprint density at radius 3 is 2.20 bits per heavy atom. The Morgan fingerprint density at radius 1 is 0.971 bits per heavy atom. The Hall–Kier alpha value is -2.74. The van der Waals surface area contributed by atoms with Crippen molar-refractivity contribution < 1.29 is 17.9 Å². The van der Waals surface area contributed by atoms with E-state index in [0.29, 0.717) is 18.1 Å². The fraction of sp³-hybridized carbons (Fsp3) is 0.269. The van der Waals surface area contributed by atoms with Crippen molar-refractivity contribution in [2.75, 3.05) is 18.0 Å². The van der Waals surface area contributed by atoms with Crippen LogP contribution in [0.15, 0.2) is 77.7 Å². The van der Waals surface area contributed by atoms with Gasteiger partial charge in [0.05, 0.1) is 33.8 Å². The number of amides is 1. The molecule has 186 valence electrons. The van der Waals surface area contributed by atoms with E-state index in [0.717, 1.165) is 9.87 Å². The van der Waals surface area contributed by atoms with Gasteiger partial charge in [0.2, 0.25) is 5.91 Å². The molecule has 9 heteroatoms. The average Bonchev–Trinajstić information content (AvgIpc) is 2.84. The minimum atomic E-state index is -4.06. The highest BCUT2D eigenvalue weighted by molar-refractivity contribution is 7.92. The van der Waals surface area contributed by atoms with Gasteiger partial charge in [-0.15, -0.1) is 0 Å². The highest BCUT2D eigenvalue weighted by Crippen LogP contribution is 2.31. The third-order valence-corrected chi connectivity index (χ3v) is 7.90. The Morgan fingerprint density at radius 2 is 1.63 bits per heavy atom. The van der Waals surface area contributed by atoms with Crippen molar-refractivity contribution in [2.24, 2.45) is 5.92 Å². The van der Waals surface area contributed by atoms with Crippen LogP contribution >= 0.6 is 23.2 Å². The van der Waals surface area contributed by atoms with Gasteiger partial charge in [-0.25, -0.2) is 8.42 Å². The highest BCUT2D eigenvalue weighted by Gasteiger charge is 2.28. The Labute approximate surface area is 216 Å². The van der Waals surface area contributed by atoms with Crippen LogP contribution in [0.25, 0.3) is 0 Å². The molecule has 0 fully saturated rings. The van der Waals surface area contributed by atoms with Gasteiger partial charge < -0.3 is 10.1 Å². The molecule has 0 radical (unpaired) electrons. The van der Waals surface area contributed by atoms with Gasteiger partial charge >= 0.3 is 0 Å². The van der Waals surface area contributed by atoms with E-state index < -0.39 is 22.5 Å². The number of halogens is 2. The summed E-state index contributed by atoms with van der Waals surface area (Å²) in [5, 5.41) is 3.48. The molecule has 0 bridgehead atoms. The van der Waals surface area contributed by atoms with E-state index in [1.54, 1.807) is 25.3 Å².